The Balaban J connectivity index is 0. The molecule has 0 heterocycles. The van der Waals surface area contributed by atoms with E-state index in [9.17, 15) is 13.9 Å². The summed E-state index contributed by atoms with van der Waals surface area (Å²) < 4.78 is 20.1. The third-order valence-electron chi connectivity index (χ3n) is 1.78. The zero-order valence-corrected chi connectivity index (χ0v) is 12.2. The molecule has 0 unspecified atom stereocenters. The highest BCUT2D eigenvalue weighted by molar-refractivity contribution is 7.56. The van der Waals surface area contributed by atoms with E-state index in [0.29, 0.717) is 6.54 Å². The molecule has 0 aliphatic heterocycles. The summed E-state index contributed by atoms with van der Waals surface area (Å²) in [6, 6.07) is 0. The fourth-order valence-electron chi connectivity index (χ4n) is 0.858. The van der Waals surface area contributed by atoms with Gasteiger partial charge in [0, 0.05) is 6.42 Å². The number of hydrogen-bond acceptors (Lipinski definition) is 4. The van der Waals surface area contributed by atoms with Gasteiger partial charge in [-0.05, 0) is 19.4 Å². The molecule has 0 amide bonds. The number of rotatable bonds is 8. The van der Waals surface area contributed by atoms with E-state index in [4.69, 9.17) is 30.4 Å². The quantitative estimate of drug-likeness (QED) is 0.263. The number of nitrogens with two attached hydrogens (primary N) is 1. The summed E-state index contributed by atoms with van der Waals surface area (Å²) in [6.45, 7) is 0.666. The Morgan fingerprint density at radius 1 is 0.895 bits per heavy atom. The van der Waals surface area contributed by atoms with E-state index >= 15 is 0 Å². The van der Waals surface area contributed by atoms with Gasteiger partial charge in [0.2, 0.25) is 0 Å². The Labute approximate surface area is 111 Å². The van der Waals surface area contributed by atoms with Crippen LogP contribution in [0.25, 0.3) is 0 Å². The maximum atomic E-state index is 10.0. The van der Waals surface area contributed by atoms with Gasteiger partial charge in [-0.15, -0.1) is 0 Å². The Hall–Kier alpha value is -0.270. The Kier molecular flexibility index (Phi) is 11.6. The van der Waals surface area contributed by atoms with Crippen LogP contribution in [0.15, 0.2) is 0 Å². The zero-order chi connectivity index (χ0) is 15.5. The highest BCUT2D eigenvalue weighted by atomic mass is 31.2. The van der Waals surface area contributed by atoms with Crippen LogP contribution in [-0.4, -0.2) is 49.5 Å². The molecule has 0 aromatic heterocycles. The molecule has 19 heavy (non-hydrogen) atoms. The van der Waals surface area contributed by atoms with E-state index in [-0.39, 0.29) is 6.42 Å². The van der Waals surface area contributed by atoms with E-state index in [1.165, 1.54) is 0 Å². The van der Waals surface area contributed by atoms with Crippen LogP contribution in [0.2, 0.25) is 0 Å². The van der Waals surface area contributed by atoms with Gasteiger partial charge < -0.3 is 30.4 Å². The van der Waals surface area contributed by atoms with E-state index < -0.39 is 33.5 Å². The van der Waals surface area contributed by atoms with E-state index in [1.807, 2.05) is 0 Å². The van der Waals surface area contributed by atoms with Crippen molar-refractivity contribution in [1.82, 2.24) is 0 Å². The fourth-order valence-corrected chi connectivity index (χ4v) is 2.94. The van der Waals surface area contributed by atoms with Gasteiger partial charge in [-0.3, -0.25) is 13.9 Å². The molecule has 0 fully saturated rings. The van der Waals surface area contributed by atoms with Crippen molar-refractivity contribution < 1.29 is 38.6 Å². The predicted octanol–water partition coefficient (Wildman–Crippen LogP) is -0.0681. The van der Waals surface area contributed by atoms with Crippen molar-refractivity contribution in [1.29, 1.82) is 0 Å². The summed E-state index contributed by atoms with van der Waals surface area (Å²) in [6.07, 6.45) is 1.37. The normalized spacial score (nSPS) is 11.6. The van der Waals surface area contributed by atoms with E-state index in [0.717, 1.165) is 19.3 Å². The molecule has 0 bridgehead atoms. The molecule has 116 valence electrons. The van der Waals surface area contributed by atoms with Crippen LogP contribution >= 0.6 is 15.2 Å². The van der Waals surface area contributed by atoms with Crippen LogP contribution in [0.1, 0.15) is 25.7 Å². The highest BCUT2D eigenvalue weighted by Crippen LogP contribution is 2.42. The number of carboxylic acid groups (broad SMARTS) is 1. The monoisotopic (exact) mass is 321 g/mol. The van der Waals surface area contributed by atoms with Crippen LogP contribution in [0.5, 0.6) is 0 Å². The van der Waals surface area contributed by atoms with Crippen molar-refractivity contribution in [2.24, 2.45) is 5.73 Å². The summed E-state index contributed by atoms with van der Waals surface area (Å²) >= 11 is 0. The van der Waals surface area contributed by atoms with Crippen LogP contribution in [0, 0.1) is 0 Å². The summed E-state index contributed by atoms with van der Waals surface area (Å²) in [5.41, 5.74) is 5.20. The maximum absolute atomic E-state index is 10.0. The average Bonchev–Trinajstić information content (AvgIpc) is 2.21. The Morgan fingerprint density at radius 3 is 1.58 bits per heavy atom. The molecule has 7 N–H and O–H groups in total. The molecular formula is C8H21NO8P2. The Bertz CT molecular complexity index is 314. The van der Waals surface area contributed by atoms with Gasteiger partial charge in [0.1, 0.15) is 0 Å². The minimum atomic E-state index is -4.25. The largest absolute Gasteiger partial charge is 0.481 e. The van der Waals surface area contributed by atoms with Crippen molar-refractivity contribution in [2.75, 3.05) is 18.9 Å². The number of aliphatic carboxylic acids is 1. The number of hydrogen-bond donors (Lipinski definition) is 6. The lowest BCUT2D eigenvalue weighted by Crippen LogP contribution is -1.99. The van der Waals surface area contributed by atoms with Crippen molar-refractivity contribution in [3.8, 4) is 0 Å². The molecule has 0 atom stereocenters. The second-order valence-corrected chi connectivity index (χ2v) is 7.32. The average molecular weight is 321 g/mol. The molecule has 0 aromatic rings. The molecule has 0 radical (unpaired) electrons. The summed E-state index contributed by atoms with van der Waals surface area (Å²) in [5.74, 6) is -0.716. The van der Waals surface area contributed by atoms with Crippen LogP contribution in [-0.2, 0) is 13.9 Å². The second-order valence-electron chi connectivity index (χ2n) is 3.77. The summed E-state index contributed by atoms with van der Waals surface area (Å²) in [4.78, 5) is 42.5. The van der Waals surface area contributed by atoms with E-state index in [1.54, 1.807) is 0 Å². The van der Waals surface area contributed by atoms with Gasteiger partial charge in [0.15, 0.2) is 0 Å². The van der Waals surface area contributed by atoms with Gasteiger partial charge >= 0.3 is 21.2 Å². The third-order valence-corrected chi connectivity index (χ3v) is 3.74. The molecule has 0 aliphatic carbocycles. The zero-order valence-electron chi connectivity index (χ0n) is 10.4. The van der Waals surface area contributed by atoms with Gasteiger partial charge in [0.05, 0.1) is 12.3 Å². The highest BCUT2D eigenvalue weighted by Gasteiger charge is 2.20. The first-order valence-corrected chi connectivity index (χ1v) is 9.08. The lowest BCUT2D eigenvalue weighted by molar-refractivity contribution is -0.137. The van der Waals surface area contributed by atoms with Gasteiger partial charge in [-0.1, -0.05) is 6.42 Å². The molecule has 11 heteroatoms. The van der Waals surface area contributed by atoms with E-state index in [2.05, 4.69) is 0 Å². The molecule has 0 rings (SSSR count). The van der Waals surface area contributed by atoms with Crippen LogP contribution in [0.4, 0.5) is 0 Å². The fraction of sp³-hybridized carbons (Fsp3) is 0.875. The first kappa shape index (κ1) is 21.0. The predicted molar refractivity (Wildman–Crippen MR) is 69.0 cm³/mol. The minimum absolute atomic E-state index is 0.278. The number of carbonyl (C=O) groups is 1. The second kappa shape index (κ2) is 10.5. The minimum Gasteiger partial charge on any atom is -0.481 e. The first-order chi connectivity index (χ1) is 8.48. The molecule has 0 aliphatic rings. The first-order valence-electron chi connectivity index (χ1n) is 5.49. The SMILES string of the molecule is NCCCCCC(=O)O.O=P(O)(O)CCP(=O)(O)O. The smallest absolute Gasteiger partial charge is 0.326 e. The summed E-state index contributed by atoms with van der Waals surface area (Å²) in [5, 5.41) is 8.18. The standard InChI is InChI=1S/C6H13NO2.C2H8O6P2/c7-5-3-1-2-4-6(8)9;3-9(4,5)1-2-10(6,7)8/h1-5,7H2,(H,8,9);1-2H2,(H2,3,4,5)(H2,6,7,8). The summed E-state index contributed by atoms with van der Waals surface area (Å²) in [7, 11) is -8.51. The van der Waals surface area contributed by atoms with Gasteiger partial charge in [-0.25, -0.2) is 0 Å². The molecule has 0 saturated heterocycles. The lowest BCUT2D eigenvalue weighted by Gasteiger charge is -2.03. The molecular weight excluding hydrogens is 300 g/mol. The molecule has 0 aromatic carbocycles. The van der Waals surface area contributed by atoms with Crippen LogP contribution < -0.4 is 5.73 Å². The van der Waals surface area contributed by atoms with Crippen molar-refractivity contribution in [3.63, 3.8) is 0 Å². The number of carboxylic acids is 1. The maximum Gasteiger partial charge on any atom is 0.326 e. The molecule has 0 spiro atoms. The lowest BCUT2D eigenvalue weighted by atomic mass is 10.2. The van der Waals surface area contributed by atoms with Crippen LogP contribution in [0.3, 0.4) is 0 Å². The van der Waals surface area contributed by atoms with Crippen molar-refractivity contribution >= 4 is 21.2 Å². The molecule has 9 nitrogen and oxygen atoms in total. The topological polar surface area (TPSA) is 178 Å². The van der Waals surface area contributed by atoms with Gasteiger partial charge in [0.25, 0.3) is 0 Å². The van der Waals surface area contributed by atoms with Crippen molar-refractivity contribution in [2.45, 2.75) is 25.7 Å². The number of unbranched alkanes of at least 4 members (excludes halogenated alkanes) is 2. The third kappa shape index (κ3) is 27.1. The Morgan fingerprint density at radius 2 is 1.32 bits per heavy atom. The van der Waals surface area contributed by atoms with Gasteiger partial charge in [-0.2, -0.15) is 0 Å². The van der Waals surface area contributed by atoms with Crippen molar-refractivity contribution in [3.05, 3.63) is 0 Å². The molecule has 0 saturated carbocycles.